The molecule has 0 aromatic heterocycles. The highest BCUT2D eigenvalue weighted by Gasteiger charge is 1.99. The molecule has 0 bridgehead atoms. The Hall–Kier alpha value is -0.470. The van der Waals surface area contributed by atoms with E-state index in [1.165, 1.54) is 5.56 Å². The van der Waals surface area contributed by atoms with Crippen LogP contribution in [-0.4, -0.2) is 11.5 Å². The van der Waals surface area contributed by atoms with Gasteiger partial charge in [-0.05, 0) is 30.7 Å². The fourth-order valence-electron chi connectivity index (χ4n) is 1.22. The summed E-state index contributed by atoms with van der Waals surface area (Å²) in [4.78, 5) is 10.7. The Kier molecular flexibility index (Phi) is 5.81. The van der Waals surface area contributed by atoms with Crippen LogP contribution in [-0.2, 0) is 10.5 Å². The lowest BCUT2D eigenvalue weighted by molar-refractivity contribution is -0.117. The van der Waals surface area contributed by atoms with Gasteiger partial charge in [-0.2, -0.15) is 11.8 Å². The first-order valence-corrected chi connectivity index (χ1v) is 6.54. The van der Waals surface area contributed by atoms with Crippen molar-refractivity contribution in [3.8, 4) is 0 Å². The van der Waals surface area contributed by atoms with Crippen molar-refractivity contribution in [2.24, 2.45) is 0 Å². The molecule has 1 nitrogen and oxygen atoms in total. The molecule has 0 amide bonds. The second kappa shape index (κ2) is 6.91. The van der Waals surface area contributed by atoms with Crippen molar-refractivity contribution in [3.63, 3.8) is 0 Å². The average Bonchev–Trinajstić information content (AvgIpc) is 2.20. The summed E-state index contributed by atoms with van der Waals surface area (Å²) in [6.07, 6.45) is 1.65. The van der Waals surface area contributed by atoms with Gasteiger partial charge in [-0.25, -0.2) is 0 Å². The van der Waals surface area contributed by atoms with E-state index in [1.807, 2.05) is 36.0 Å². The molecule has 0 aliphatic rings. The van der Waals surface area contributed by atoms with Crippen LogP contribution in [0.4, 0.5) is 0 Å². The van der Waals surface area contributed by atoms with Crippen molar-refractivity contribution < 1.29 is 4.79 Å². The normalized spacial score (nSPS) is 10.3. The fraction of sp³-hybridized carbons (Fsp3) is 0.417. The van der Waals surface area contributed by atoms with E-state index in [9.17, 15) is 4.79 Å². The van der Waals surface area contributed by atoms with Gasteiger partial charge in [0.2, 0.25) is 0 Å². The van der Waals surface area contributed by atoms with E-state index >= 15 is 0 Å². The molecule has 82 valence electrons. The van der Waals surface area contributed by atoms with Gasteiger partial charge in [0.05, 0.1) is 0 Å². The largest absolute Gasteiger partial charge is 0.300 e. The minimum atomic E-state index is 0.272. The summed E-state index contributed by atoms with van der Waals surface area (Å²) in [5.41, 5.74) is 1.17. The summed E-state index contributed by atoms with van der Waals surface area (Å²) in [7, 11) is 0. The summed E-state index contributed by atoms with van der Waals surface area (Å²) in [5.74, 6) is 2.22. The van der Waals surface area contributed by atoms with Crippen LogP contribution in [0.3, 0.4) is 0 Å². The van der Waals surface area contributed by atoms with Gasteiger partial charge in [0.1, 0.15) is 5.78 Å². The van der Waals surface area contributed by atoms with Crippen molar-refractivity contribution >= 4 is 29.1 Å². The second-order valence-corrected chi connectivity index (χ2v) is 4.96. The maximum Gasteiger partial charge on any atom is 0.129 e. The standard InChI is InChI=1S/C12H15ClOS/c1-10(14)5-4-8-15-9-11-6-2-3-7-12(11)13/h2-3,6-7H,4-5,8-9H2,1H3. The minimum absolute atomic E-state index is 0.272. The molecule has 0 saturated heterocycles. The first-order chi connectivity index (χ1) is 7.20. The van der Waals surface area contributed by atoms with E-state index < -0.39 is 0 Å². The molecule has 1 rings (SSSR count). The van der Waals surface area contributed by atoms with Crippen molar-refractivity contribution in [1.29, 1.82) is 0 Å². The van der Waals surface area contributed by atoms with Gasteiger partial charge in [-0.3, -0.25) is 0 Å². The van der Waals surface area contributed by atoms with Crippen molar-refractivity contribution in [3.05, 3.63) is 34.9 Å². The summed E-state index contributed by atoms with van der Waals surface area (Å²) < 4.78 is 0. The minimum Gasteiger partial charge on any atom is -0.300 e. The van der Waals surface area contributed by atoms with Crippen LogP contribution in [0, 0.1) is 0 Å². The number of halogens is 1. The fourth-order valence-corrected chi connectivity index (χ4v) is 2.47. The number of rotatable bonds is 6. The first kappa shape index (κ1) is 12.6. The topological polar surface area (TPSA) is 17.1 Å². The van der Waals surface area contributed by atoms with Gasteiger partial charge >= 0.3 is 0 Å². The molecule has 0 unspecified atom stereocenters. The zero-order valence-corrected chi connectivity index (χ0v) is 10.4. The van der Waals surface area contributed by atoms with E-state index in [4.69, 9.17) is 11.6 Å². The molecule has 0 aliphatic carbocycles. The third-order valence-electron chi connectivity index (χ3n) is 2.03. The molecule has 15 heavy (non-hydrogen) atoms. The third-order valence-corrected chi connectivity index (χ3v) is 3.49. The van der Waals surface area contributed by atoms with E-state index in [-0.39, 0.29) is 5.78 Å². The third kappa shape index (κ3) is 5.24. The number of benzene rings is 1. The summed E-state index contributed by atoms with van der Waals surface area (Å²) in [6, 6.07) is 7.89. The Morgan fingerprint density at radius 3 is 2.80 bits per heavy atom. The smallest absolute Gasteiger partial charge is 0.129 e. The average molecular weight is 243 g/mol. The van der Waals surface area contributed by atoms with E-state index in [0.717, 1.165) is 22.9 Å². The van der Waals surface area contributed by atoms with Crippen LogP contribution in [0.15, 0.2) is 24.3 Å². The van der Waals surface area contributed by atoms with Gasteiger partial charge in [-0.15, -0.1) is 0 Å². The van der Waals surface area contributed by atoms with Crippen LogP contribution in [0.25, 0.3) is 0 Å². The van der Waals surface area contributed by atoms with Crippen LogP contribution < -0.4 is 0 Å². The molecule has 1 aromatic rings. The highest BCUT2D eigenvalue weighted by Crippen LogP contribution is 2.21. The molecule has 0 N–H and O–H groups in total. The summed E-state index contributed by atoms with van der Waals surface area (Å²) >= 11 is 7.85. The Bertz CT molecular complexity index is 325. The molecule has 0 spiro atoms. The number of hydrogen-bond acceptors (Lipinski definition) is 2. The lowest BCUT2D eigenvalue weighted by Crippen LogP contribution is -1.91. The van der Waals surface area contributed by atoms with Gasteiger partial charge < -0.3 is 4.79 Å². The molecule has 0 atom stereocenters. The molecule has 0 radical (unpaired) electrons. The number of ketones is 1. The van der Waals surface area contributed by atoms with Crippen LogP contribution in [0.2, 0.25) is 5.02 Å². The predicted molar refractivity (Wildman–Crippen MR) is 67.5 cm³/mol. The molecule has 0 aliphatic heterocycles. The number of hydrogen-bond donors (Lipinski definition) is 0. The monoisotopic (exact) mass is 242 g/mol. The Labute approximate surface area is 100 Å². The molecule has 3 heteroatoms. The molecular weight excluding hydrogens is 228 g/mol. The highest BCUT2D eigenvalue weighted by molar-refractivity contribution is 7.98. The number of thioether (sulfide) groups is 1. The van der Waals surface area contributed by atoms with Crippen LogP contribution in [0.1, 0.15) is 25.3 Å². The SMILES string of the molecule is CC(=O)CCCSCc1ccccc1Cl. The zero-order chi connectivity index (χ0) is 11.1. The quantitative estimate of drug-likeness (QED) is 0.703. The van der Waals surface area contributed by atoms with E-state index in [2.05, 4.69) is 0 Å². The molecule has 0 fully saturated rings. The number of carbonyl (C=O) groups is 1. The molecule has 0 heterocycles. The molecule has 1 aromatic carbocycles. The zero-order valence-electron chi connectivity index (χ0n) is 8.83. The van der Waals surface area contributed by atoms with Gasteiger partial charge in [0.25, 0.3) is 0 Å². The highest BCUT2D eigenvalue weighted by atomic mass is 35.5. The second-order valence-electron chi connectivity index (χ2n) is 3.45. The van der Waals surface area contributed by atoms with Gasteiger partial charge in [-0.1, -0.05) is 29.8 Å². The Morgan fingerprint density at radius 1 is 1.40 bits per heavy atom. The lowest BCUT2D eigenvalue weighted by Gasteiger charge is -2.03. The maximum atomic E-state index is 10.7. The van der Waals surface area contributed by atoms with Crippen molar-refractivity contribution in [2.75, 3.05) is 5.75 Å². The lowest BCUT2D eigenvalue weighted by atomic mass is 10.2. The van der Waals surface area contributed by atoms with Crippen LogP contribution in [0.5, 0.6) is 0 Å². The molecular formula is C12H15ClOS. The Balaban J connectivity index is 2.21. The van der Waals surface area contributed by atoms with Gasteiger partial charge in [0.15, 0.2) is 0 Å². The first-order valence-electron chi connectivity index (χ1n) is 5.00. The van der Waals surface area contributed by atoms with Crippen molar-refractivity contribution in [1.82, 2.24) is 0 Å². The van der Waals surface area contributed by atoms with Gasteiger partial charge in [0, 0.05) is 17.2 Å². The van der Waals surface area contributed by atoms with E-state index in [0.29, 0.717) is 6.42 Å². The predicted octanol–water partition coefficient (Wildman–Crippen LogP) is 3.94. The Morgan fingerprint density at radius 2 is 2.13 bits per heavy atom. The number of carbonyl (C=O) groups excluding carboxylic acids is 1. The molecule has 0 saturated carbocycles. The maximum absolute atomic E-state index is 10.7. The van der Waals surface area contributed by atoms with E-state index in [1.54, 1.807) is 6.92 Å². The van der Waals surface area contributed by atoms with Crippen molar-refractivity contribution in [2.45, 2.75) is 25.5 Å². The summed E-state index contributed by atoms with van der Waals surface area (Å²) in [6.45, 7) is 1.64. The van der Waals surface area contributed by atoms with Crippen LogP contribution >= 0.6 is 23.4 Å². The number of Topliss-reactive ketones (excluding diaryl/α,β-unsaturated/α-hetero) is 1. The summed E-state index contributed by atoms with van der Waals surface area (Å²) in [5, 5.41) is 0.830.